The molecule has 0 aromatic heterocycles. The van der Waals surface area contributed by atoms with Crippen LogP contribution in [0.15, 0.2) is 24.3 Å². The minimum absolute atomic E-state index is 0.773. The van der Waals surface area contributed by atoms with Crippen LogP contribution in [-0.4, -0.2) is 0 Å². The van der Waals surface area contributed by atoms with E-state index in [1.807, 2.05) is 0 Å². The highest BCUT2D eigenvalue weighted by atomic mass is 14.1. The maximum absolute atomic E-state index is 2.37. The molecule has 0 fully saturated rings. The SMILES string of the molecule is C/C=C/C(C/C=C/CC)CCCCCC. The second-order valence-electron chi connectivity index (χ2n) is 4.25. The smallest absolute Gasteiger partial charge is 0.0199 e. The predicted octanol–water partition coefficient (Wildman–Crippen LogP) is 5.51. The average Bonchev–Trinajstić information content (AvgIpc) is 2.24. The maximum Gasteiger partial charge on any atom is -0.0199 e. The second kappa shape index (κ2) is 11.6. The monoisotopic (exact) mass is 208 g/mol. The third kappa shape index (κ3) is 9.78. The lowest BCUT2D eigenvalue weighted by Gasteiger charge is -2.09. The summed E-state index contributed by atoms with van der Waals surface area (Å²) >= 11 is 0. The molecule has 0 spiro atoms. The first-order chi connectivity index (χ1) is 7.35. The number of hydrogen-bond donors (Lipinski definition) is 0. The van der Waals surface area contributed by atoms with Crippen LogP contribution in [0.1, 0.15) is 65.7 Å². The first kappa shape index (κ1) is 14.5. The van der Waals surface area contributed by atoms with Gasteiger partial charge in [-0.15, -0.1) is 0 Å². The van der Waals surface area contributed by atoms with E-state index in [9.17, 15) is 0 Å². The molecule has 0 aliphatic carbocycles. The number of unbranched alkanes of at least 4 members (excludes halogenated alkanes) is 3. The van der Waals surface area contributed by atoms with Crippen LogP contribution in [0.25, 0.3) is 0 Å². The van der Waals surface area contributed by atoms with Gasteiger partial charge in [-0.3, -0.25) is 0 Å². The Labute approximate surface area is 96.5 Å². The van der Waals surface area contributed by atoms with Gasteiger partial charge in [0.15, 0.2) is 0 Å². The summed E-state index contributed by atoms with van der Waals surface area (Å²) in [6.45, 7) is 6.60. The van der Waals surface area contributed by atoms with E-state index in [1.54, 1.807) is 0 Å². The normalized spacial score (nSPS) is 14.1. The third-order valence-electron chi connectivity index (χ3n) is 2.73. The molecule has 1 atom stereocenters. The van der Waals surface area contributed by atoms with Gasteiger partial charge in [-0.2, -0.15) is 0 Å². The highest BCUT2D eigenvalue weighted by molar-refractivity contribution is 4.92. The Balaban J connectivity index is 3.68. The van der Waals surface area contributed by atoms with Crippen molar-refractivity contribution in [3.05, 3.63) is 24.3 Å². The van der Waals surface area contributed by atoms with Gasteiger partial charge in [-0.1, -0.05) is 63.8 Å². The molecular formula is C15H28. The zero-order valence-corrected chi connectivity index (χ0v) is 10.8. The van der Waals surface area contributed by atoms with Gasteiger partial charge < -0.3 is 0 Å². The largest absolute Gasteiger partial charge is 0.0914 e. The Hall–Kier alpha value is -0.520. The summed E-state index contributed by atoms with van der Waals surface area (Å²) < 4.78 is 0. The Morgan fingerprint density at radius 3 is 2.40 bits per heavy atom. The van der Waals surface area contributed by atoms with Gasteiger partial charge in [0.05, 0.1) is 0 Å². The second-order valence-corrected chi connectivity index (χ2v) is 4.25. The van der Waals surface area contributed by atoms with Gasteiger partial charge in [0, 0.05) is 0 Å². The highest BCUT2D eigenvalue weighted by Gasteiger charge is 2.01. The lowest BCUT2D eigenvalue weighted by molar-refractivity contribution is 0.533. The van der Waals surface area contributed by atoms with Gasteiger partial charge in [0.2, 0.25) is 0 Å². The lowest BCUT2D eigenvalue weighted by Crippen LogP contribution is -1.95. The first-order valence-corrected chi connectivity index (χ1v) is 6.62. The van der Waals surface area contributed by atoms with Crippen molar-refractivity contribution in [2.75, 3.05) is 0 Å². The van der Waals surface area contributed by atoms with E-state index in [4.69, 9.17) is 0 Å². The van der Waals surface area contributed by atoms with Crippen LogP contribution in [0.5, 0.6) is 0 Å². The molecule has 0 aliphatic rings. The summed E-state index contributed by atoms with van der Waals surface area (Å²) in [6.07, 6.45) is 18.5. The van der Waals surface area contributed by atoms with Crippen LogP contribution in [-0.2, 0) is 0 Å². The fourth-order valence-electron chi connectivity index (χ4n) is 1.84. The summed E-state index contributed by atoms with van der Waals surface area (Å²) in [5.74, 6) is 0.773. The van der Waals surface area contributed by atoms with Crippen molar-refractivity contribution in [1.82, 2.24) is 0 Å². The molecule has 0 bridgehead atoms. The first-order valence-electron chi connectivity index (χ1n) is 6.62. The van der Waals surface area contributed by atoms with Crippen molar-refractivity contribution in [3.8, 4) is 0 Å². The molecule has 88 valence electrons. The molecule has 0 nitrogen and oxygen atoms in total. The van der Waals surface area contributed by atoms with Crippen molar-refractivity contribution >= 4 is 0 Å². The van der Waals surface area contributed by atoms with E-state index in [1.165, 1.54) is 44.9 Å². The molecule has 0 aromatic rings. The zero-order valence-electron chi connectivity index (χ0n) is 10.8. The van der Waals surface area contributed by atoms with Crippen LogP contribution in [0.3, 0.4) is 0 Å². The van der Waals surface area contributed by atoms with Gasteiger partial charge in [-0.05, 0) is 32.1 Å². The van der Waals surface area contributed by atoms with E-state index in [0.29, 0.717) is 0 Å². The van der Waals surface area contributed by atoms with Crippen LogP contribution < -0.4 is 0 Å². The van der Waals surface area contributed by atoms with Crippen LogP contribution in [0.4, 0.5) is 0 Å². The molecule has 0 saturated heterocycles. The highest BCUT2D eigenvalue weighted by Crippen LogP contribution is 2.16. The Kier molecular flexibility index (Phi) is 11.2. The van der Waals surface area contributed by atoms with E-state index < -0.39 is 0 Å². The van der Waals surface area contributed by atoms with Crippen molar-refractivity contribution in [1.29, 1.82) is 0 Å². The fraction of sp³-hybridized carbons (Fsp3) is 0.733. The number of hydrogen-bond acceptors (Lipinski definition) is 0. The molecule has 0 heteroatoms. The van der Waals surface area contributed by atoms with E-state index in [2.05, 4.69) is 45.1 Å². The van der Waals surface area contributed by atoms with Gasteiger partial charge in [-0.25, -0.2) is 0 Å². The van der Waals surface area contributed by atoms with Crippen LogP contribution in [0, 0.1) is 5.92 Å². The summed E-state index contributed by atoms with van der Waals surface area (Å²) in [6, 6.07) is 0. The van der Waals surface area contributed by atoms with Crippen LogP contribution >= 0.6 is 0 Å². The van der Waals surface area contributed by atoms with Crippen molar-refractivity contribution < 1.29 is 0 Å². The zero-order chi connectivity index (χ0) is 11.4. The molecule has 0 N–H and O–H groups in total. The fourth-order valence-corrected chi connectivity index (χ4v) is 1.84. The Morgan fingerprint density at radius 2 is 1.80 bits per heavy atom. The minimum Gasteiger partial charge on any atom is -0.0914 e. The molecule has 15 heavy (non-hydrogen) atoms. The van der Waals surface area contributed by atoms with Crippen molar-refractivity contribution in [2.24, 2.45) is 5.92 Å². The molecular weight excluding hydrogens is 180 g/mol. The topological polar surface area (TPSA) is 0 Å². The lowest BCUT2D eigenvalue weighted by atomic mass is 9.96. The summed E-state index contributed by atoms with van der Waals surface area (Å²) in [4.78, 5) is 0. The molecule has 0 heterocycles. The van der Waals surface area contributed by atoms with Gasteiger partial charge in [0.25, 0.3) is 0 Å². The predicted molar refractivity (Wildman–Crippen MR) is 71.1 cm³/mol. The summed E-state index contributed by atoms with van der Waals surface area (Å²) in [5, 5.41) is 0. The van der Waals surface area contributed by atoms with Gasteiger partial charge in [0.1, 0.15) is 0 Å². The maximum atomic E-state index is 2.37. The molecule has 0 radical (unpaired) electrons. The van der Waals surface area contributed by atoms with Crippen LogP contribution in [0.2, 0.25) is 0 Å². The quantitative estimate of drug-likeness (QED) is 0.346. The van der Waals surface area contributed by atoms with E-state index in [0.717, 1.165) is 5.92 Å². The number of rotatable bonds is 9. The molecule has 0 aliphatic heterocycles. The van der Waals surface area contributed by atoms with E-state index in [-0.39, 0.29) is 0 Å². The van der Waals surface area contributed by atoms with E-state index >= 15 is 0 Å². The number of allylic oxidation sites excluding steroid dienone is 4. The molecule has 0 saturated carbocycles. The Bertz CT molecular complexity index is 165. The summed E-state index contributed by atoms with van der Waals surface area (Å²) in [5.41, 5.74) is 0. The third-order valence-corrected chi connectivity index (χ3v) is 2.73. The molecule has 0 rings (SSSR count). The van der Waals surface area contributed by atoms with Crippen molar-refractivity contribution in [2.45, 2.75) is 65.7 Å². The molecule has 0 aromatic carbocycles. The summed E-state index contributed by atoms with van der Waals surface area (Å²) in [7, 11) is 0. The molecule has 1 unspecified atom stereocenters. The van der Waals surface area contributed by atoms with Crippen molar-refractivity contribution in [3.63, 3.8) is 0 Å². The minimum atomic E-state index is 0.773. The standard InChI is InChI=1S/C15H28/c1-4-7-9-11-14-15(12-6-3)13-10-8-5-2/h6,8,10,12,15H,4-5,7,9,11,13-14H2,1-3H3/b10-8+,12-6+. The Morgan fingerprint density at radius 1 is 1.00 bits per heavy atom. The average molecular weight is 208 g/mol. The van der Waals surface area contributed by atoms with Gasteiger partial charge >= 0.3 is 0 Å². The molecule has 0 amide bonds.